The Bertz CT molecular complexity index is 643. The fourth-order valence-corrected chi connectivity index (χ4v) is 1.74. The molecule has 0 aliphatic rings. The minimum atomic E-state index is 0.498. The number of aromatic nitrogens is 4. The third-order valence-corrected chi connectivity index (χ3v) is 2.58. The van der Waals surface area contributed by atoms with Crippen LogP contribution in [-0.2, 0) is 0 Å². The first kappa shape index (κ1) is 10.5. The van der Waals surface area contributed by atoms with Crippen LogP contribution in [-0.4, -0.2) is 19.5 Å². The Balaban J connectivity index is 2.10. The SMILES string of the molecule is Nc1ccc(-n2ccnc2-c2ccccn2)cn1. The van der Waals surface area contributed by atoms with Gasteiger partial charge < -0.3 is 5.73 Å². The van der Waals surface area contributed by atoms with Crippen LogP contribution < -0.4 is 5.73 Å². The molecule has 0 aliphatic heterocycles. The molecule has 0 unspecified atom stereocenters. The van der Waals surface area contributed by atoms with Crippen molar-refractivity contribution in [3.63, 3.8) is 0 Å². The fourth-order valence-electron chi connectivity index (χ4n) is 1.74. The highest BCUT2D eigenvalue weighted by atomic mass is 15.1. The highest BCUT2D eigenvalue weighted by Crippen LogP contribution is 2.18. The largest absolute Gasteiger partial charge is 0.384 e. The molecule has 88 valence electrons. The molecular weight excluding hydrogens is 226 g/mol. The minimum Gasteiger partial charge on any atom is -0.384 e. The second-order valence-corrected chi connectivity index (χ2v) is 3.78. The average Bonchev–Trinajstić information content (AvgIpc) is 2.90. The number of anilines is 1. The Hall–Kier alpha value is -2.69. The molecule has 18 heavy (non-hydrogen) atoms. The lowest BCUT2D eigenvalue weighted by atomic mass is 10.3. The van der Waals surface area contributed by atoms with E-state index in [0.717, 1.165) is 17.2 Å². The van der Waals surface area contributed by atoms with Crippen LogP contribution in [0.15, 0.2) is 55.1 Å². The van der Waals surface area contributed by atoms with Crippen molar-refractivity contribution in [1.82, 2.24) is 19.5 Å². The summed E-state index contributed by atoms with van der Waals surface area (Å²) in [5.74, 6) is 1.28. The molecule has 0 amide bonds. The molecule has 0 fully saturated rings. The van der Waals surface area contributed by atoms with E-state index in [9.17, 15) is 0 Å². The molecule has 2 N–H and O–H groups in total. The van der Waals surface area contributed by atoms with Crippen LogP contribution in [0.1, 0.15) is 0 Å². The molecule has 0 aromatic carbocycles. The second kappa shape index (κ2) is 4.29. The molecule has 0 saturated carbocycles. The lowest BCUT2D eigenvalue weighted by molar-refractivity contribution is 1.04. The van der Waals surface area contributed by atoms with Crippen molar-refractivity contribution in [2.45, 2.75) is 0 Å². The maximum Gasteiger partial charge on any atom is 0.163 e. The summed E-state index contributed by atoms with van der Waals surface area (Å²) in [6, 6.07) is 9.39. The lowest BCUT2D eigenvalue weighted by Crippen LogP contribution is -1.99. The van der Waals surface area contributed by atoms with Gasteiger partial charge in [0.25, 0.3) is 0 Å². The standard InChI is InChI=1S/C13H11N5/c14-12-5-4-10(9-17-12)18-8-7-16-13(18)11-3-1-2-6-15-11/h1-9H,(H2,14,17). The zero-order valence-corrected chi connectivity index (χ0v) is 9.56. The Morgan fingerprint density at radius 3 is 2.61 bits per heavy atom. The van der Waals surface area contributed by atoms with Gasteiger partial charge in [0.1, 0.15) is 11.5 Å². The predicted octanol–water partition coefficient (Wildman–Crippen LogP) is 1.91. The van der Waals surface area contributed by atoms with Crippen molar-refractivity contribution < 1.29 is 0 Å². The Morgan fingerprint density at radius 1 is 0.944 bits per heavy atom. The van der Waals surface area contributed by atoms with Gasteiger partial charge in [0.2, 0.25) is 0 Å². The number of pyridine rings is 2. The average molecular weight is 237 g/mol. The Labute approximate surface area is 104 Å². The zero-order chi connectivity index (χ0) is 12.4. The predicted molar refractivity (Wildman–Crippen MR) is 69.0 cm³/mol. The third kappa shape index (κ3) is 1.82. The summed E-state index contributed by atoms with van der Waals surface area (Å²) in [7, 11) is 0. The van der Waals surface area contributed by atoms with E-state index in [4.69, 9.17) is 5.73 Å². The summed E-state index contributed by atoms with van der Waals surface area (Å²) in [5, 5.41) is 0. The van der Waals surface area contributed by atoms with E-state index in [1.165, 1.54) is 0 Å². The highest BCUT2D eigenvalue weighted by molar-refractivity contribution is 5.54. The molecule has 3 heterocycles. The monoisotopic (exact) mass is 237 g/mol. The maximum absolute atomic E-state index is 5.58. The first-order chi connectivity index (χ1) is 8.84. The van der Waals surface area contributed by atoms with Gasteiger partial charge in [-0.1, -0.05) is 6.07 Å². The van der Waals surface area contributed by atoms with Crippen LogP contribution in [0.2, 0.25) is 0 Å². The number of nitrogens with two attached hydrogens (primary N) is 1. The summed E-state index contributed by atoms with van der Waals surface area (Å²) in [6.07, 6.45) is 7.07. The summed E-state index contributed by atoms with van der Waals surface area (Å²) in [6.45, 7) is 0. The van der Waals surface area contributed by atoms with E-state index < -0.39 is 0 Å². The van der Waals surface area contributed by atoms with Crippen LogP contribution >= 0.6 is 0 Å². The number of rotatable bonds is 2. The second-order valence-electron chi connectivity index (χ2n) is 3.78. The molecule has 5 heteroatoms. The summed E-state index contributed by atoms with van der Waals surface area (Å²) in [5.41, 5.74) is 7.30. The van der Waals surface area contributed by atoms with Crippen molar-refractivity contribution in [2.75, 3.05) is 5.73 Å². The number of hydrogen-bond donors (Lipinski definition) is 1. The van der Waals surface area contributed by atoms with Gasteiger partial charge in [-0.2, -0.15) is 0 Å². The van der Waals surface area contributed by atoms with Crippen molar-refractivity contribution in [3.8, 4) is 17.2 Å². The number of nitrogens with zero attached hydrogens (tertiary/aromatic N) is 4. The fraction of sp³-hybridized carbons (Fsp3) is 0. The van der Waals surface area contributed by atoms with Crippen molar-refractivity contribution >= 4 is 5.82 Å². The van der Waals surface area contributed by atoms with Gasteiger partial charge in [-0.15, -0.1) is 0 Å². The van der Waals surface area contributed by atoms with Gasteiger partial charge in [-0.25, -0.2) is 9.97 Å². The third-order valence-electron chi connectivity index (χ3n) is 2.58. The van der Waals surface area contributed by atoms with Crippen LogP contribution in [0.4, 0.5) is 5.82 Å². The van der Waals surface area contributed by atoms with Crippen LogP contribution in [0.3, 0.4) is 0 Å². The van der Waals surface area contributed by atoms with Gasteiger partial charge in [-0.05, 0) is 24.3 Å². The molecule has 5 nitrogen and oxygen atoms in total. The van der Waals surface area contributed by atoms with E-state index in [1.54, 1.807) is 24.7 Å². The van der Waals surface area contributed by atoms with Crippen LogP contribution in [0.25, 0.3) is 17.2 Å². The van der Waals surface area contributed by atoms with E-state index in [1.807, 2.05) is 35.0 Å². The van der Waals surface area contributed by atoms with E-state index >= 15 is 0 Å². The molecule has 0 bridgehead atoms. The van der Waals surface area contributed by atoms with E-state index in [-0.39, 0.29) is 0 Å². The van der Waals surface area contributed by atoms with Gasteiger partial charge in [0.15, 0.2) is 5.82 Å². The molecule has 0 saturated heterocycles. The first-order valence-electron chi connectivity index (χ1n) is 5.51. The van der Waals surface area contributed by atoms with Crippen LogP contribution in [0.5, 0.6) is 0 Å². The zero-order valence-electron chi connectivity index (χ0n) is 9.56. The van der Waals surface area contributed by atoms with Gasteiger partial charge >= 0.3 is 0 Å². The number of hydrogen-bond acceptors (Lipinski definition) is 4. The molecular formula is C13H11N5. The van der Waals surface area contributed by atoms with Crippen molar-refractivity contribution in [2.24, 2.45) is 0 Å². The summed E-state index contributed by atoms with van der Waals surface area (Å²) >= 11 is 0. The van der Waals surface area contributed by atoms with E-state index in [2.05, 4.69) is 15.0 Å². The topological polar surface area (TPSA) is 69.6 Å². The minimum absolute atomic E-state index is 0.498. The molecule has 0 radical (unpaired) electrons. The lowest BCUT2D eigenvalue weighted by Gasteiger charge is -2.06. The van der Waals surface area contributed by atoms with Gasteiger partial charge in [0.05, 0.1) is 11.9 Å². The van der Waals surface area contributed by atoms with Crippen molar-refractivity contribution in [1.29, 1.82) is 0 Å². The van der Waals surface area contributed by atoms with Gasteiger partial charge in [0, 0.05) is 18.6 Å². The summed E-state index contributed by atoms with van der Waals surface area (Å²) < 4.78 is 1.93. The highest BCUT2D eigenvalue weighted by Gasteiger charge is 2.08. The number of imidazole rings is 1. The molecule has 3 aromatic heterocycles. The van der Waals surface area contributed by atoms with Crippen LogP contribution in [0, 0.1) is 0 Å². The van der Waals surface area contributed by atoms with Crippen molar-refractivity contribution in [3.05, 3.63) is 55.1 Å². The van der Waals surface area contributed by atoms with E-state index in [0.29, 0.717) is 5.82 Å². The first-order valence-corrected chi connectivity index (χ1v) is 5.51. The summed E-state index contributed by atoms with van der Waals surface area (Å²) in [4.78, 5) is 12.7. The number of nitrogen functional groups attached to an aromatic ring is 1. The molecule has 3 aromatic rings. The Kier molecular flexibility index (Phi) is 2.49. The smallest absolute Gasteiger partial charge is 0.163 e. The molecule has 0 aliphatic carbocycles. The molecule has 0 spiro atoms. The maximum atomic E-state index is 5.58. The molecule has 3 rings (SSSR count). The van der Waals surface area contributed by atoms with Gasteiger partial charge in [-0.3, -0.25) is 9.55 Å². The quantitative estimate of drug-likeness (QED) is 0.739. The Morgan fingerprint density at radius 2 is 1.89 bits per heavy atom. The normalized spacial score (nSPS) is 10.4. The molecule has 0 atom stereocenters.